The van der Waals surface area contributed by atoms with Crippen LogP contribution in [0.2, 0.25) is 0 Å². The van der Waals surface area contributed by atoms with E-state index in [1.54, 1.807) is 0 Å². The first-order valence-corrected chi connectivity index (χ1v) is 4.62. The maximum Gasteiger partial charge on any atom is 0.417 e. The van der Waals surface area contributed by atoms with E-state index < -0.39 is 40.6 Å². The van der Waals surface area contributed by atoms with Gasteiger partial charge in [0.25, 0.3) is 6.43 Å². The first-order valence-electron chi connectivity index (χ1n) is 4.62. The number of hydrogen-bond donors (Lipinski definition) is 0. The number of hydrogen-bond acceptors (Lipinski definition) is 2. The average molecular weight is 263 g/mol. The zero-order chi connectivity index (χ0) is 14.1. The fourth-order valence-corrected chi connectivity index (χ4v) is 1.50. The lowest BCUT2D eigenvalue weighted by atomic mass is 9.95. The van der Waals surface area contributed by atoms with Crippen molar-refractivity contribution < 1.29 is 26.7 Å². The molecule has 2 nitrogen and oxygen atoms in total. The Labute approximate surface area is 98.6 Å². The number of benzene rings is 1. The molecule has 0 atom stereocenters. The Bertz CT molecular complexity index is 527. The summed E-state index contributed by atoms with van der Waals surface area (Å²) in [4.78, 5) is 11.1. The van der Waals surface area contributed by atoms with Crippen molar-refractivity contribution in [1.29, 1.82) is 5.26 Å². The number of ketones is 1. The molecule has 18 heavy (non-hydrogen) atoms. The molecule has 1 aromatic carbocycles. The molecule has 1 aromatic rings. The Morgan fingerprint density at radius 2 is 1.89 bits per heavy atom. The Kier molecular flexibility index (Phi) is 3.70. The van der Waals surface area contributed by atoms with Crippen molar-refractivity contribution in [3.63, 3.8) is 0 Å². The van der Waals surface area contributed by atoms with Crippen LogP contribution in [0.25, 0.3) is 0 Å². The molecule has 0 aliphatic heterocycles. The van der Waals surface area contributed by atoms with Crippen molar-refractivity contribution in [2.45, 2.75) is 19.5 Å². The van der Waals surface area contributed by atoms with Gasteiger partial charge in [-0.2, -0.15) is 18.4 Å². The molecular formula is C11H6F5NO. The molecule has 1 rings (SSSR count). The van der Waals surface area contributed by atoms with Gasteiger partial charge in [0.1, 0.15) is 0 Å². The molecule has 0 bridgehead atoms. The van der Waals surface area contributed by atoms with E-state index in [-0.39, 0.29) is 0 Å². The highest BCUT2D eigenvalue weighted by atomic mass is 19.4. The third-order valence-corrected chi connectivity index (χ3v) is 2.20. The van der Waals surface area contributed by atoms with Crippen molar-refractivity contribution in [2.75, 3.05) is 0 Å². The molecule has 96 valence electrons. The van der Waals surface area contributed by atoms with Gasteiger partial charge >= 0.3 is 6.18 Å². The van der Waals surface area contributed by atoms with Crippen LogP contribution in [0.15, 0.2) is 12.1 Å². The van der Waals surface area contributed by atoms with Crippen molar-refractivity contribution in [3.8, 4) is 6.07 Å². The van der Waals surface area contributed by atoms with E-state index in [0.29, 0.717) is 12.1 Å². The fourth-order valence-electron chi connectivity index (χ4n) is 1.50. The molecule has 7 heteroatoms. The van der Waals surface area contributed by atoms with Gasteiger partial charge in [-0.1, -0.05) is 0 Å². The summed E-state index contributed by atoms with van der Waals surface area (Å²) in [5.74, 6) is -1.03. The van der Waals surface area contributed by atoms with Gasteiger partial charge in [-0.25, -0.2) is 8.78 Å². The van der Waals surface area contributed by atoms with E-state index in [1.165, 1.54) is 6.07 Å². The molecule has 0 aliphatic rings. The van der Waals surface area contributed by atoms with E-state index in [4.69, 9.17) is 5.26 Å². The molecule has 0 radical (unpaired) electrons. The third kappa shape index (κ3) is 2.64. The molecule has 0 unspecified atom stereocenters. The van der Waals surface area contributed by atoms with Gasteiger partial charge in [0.15, 0.2) is 5.78 Å². The van der Waals surface area contributed by atoms with Crippen LogP contribution in [-0.2, 0) is 6.18 Å². The first-order chi connectivity index (χ1) is 8.18. The largest absolute Gasteiger partial charge is 0.417 e. The van der Waals surface area contributed by atoms with Crippen LogP contribution in [0.1, 0.15) is 40.4 Å². The summed E-state index contributed by atoms with van der Waals surface area (Å²) in [5, 5.41) is 8.56. The molecule has 0 saturated heterocycles. The van der Waals surface area contributed by atoms with Gasteiger partial charge in [-0.3, -0.25) is 4.79 Å². The Hall–Kier alpha value is -1.97. The molecule has 0 heterocycles. The number of nitrogens with zero attached hydrogens (tertiary/aromatic N) is 1. The van der Waals surface area contributed by atoms with Crippen molar-refractivity contribution in [2.24, 2.45) is 0 Å². The Morgan fingerprint density at radius 3 is 2.22 bits per heavy atom. The summed E-state index contributed by atoms with van der Waals surface area (Å²) < 4.78 is 63.3. The van der Waals surface area contributed by atoms with Crippen LogP contribution in [0, 0.1) is 11.3 Å². The standard InChI is InChI=1S/C11H6F5NO/c1-5(18)7-2-6(4-17)3-8(10(12)13)9(7)11(14,15)16/h2-3,10H,1H3. The van der Waals surface area contributed by atoms with Crippen LogP contribution >= 0.6 is 0 Å². The summed E-state index contributed by atoms with van der Waals surface area (Å²) in [7, 11) is 0. The maximum absolute atomic E-state index is 12.7. The number of alkyl halides is 5. The van der Waals surface area contributed by atoms with E-state index in [2.05, 4.69) is 0 Å². The molecule has 0 amide bonds. The minimum Gasteiger partial charge on any atom is -0.294 e. The van der Waals surface area contributed by atoms with Crippen LogP contribution in [0.4, 0.5) is 22.0 Å². The SMILES string of the molecule is CC(=O)c1cc(C#N)cc(C(F)F)c1C(F)(F)F. The second-order valence-corrected chi connectivity index (χ2v) is 3.45. The van der Waals surface area contributed by atoms with Crippen molar-refractivity contribution >= 4 is 5.78 Å². The van der Waals surface area contributed by atoms with Gasteiger partial charge in [0.2, 0.25) is 0 Å². The zero-order valence-corrected chi connectivity index (χ0v) is 8.98. The fraction of sp³-hybridized carbons (Fsp3) is 0.273. The normalized spacial score (nSPS) is 11.4. The number of halogens is 5. The van der Waals surface area contributed by atoms with Crippen LogP contribution in [0.5, 0.6) is 0 Å². The van der Waals surface area contributed by atoms with Crippen molar-refractivity contribution in [3.05, 3.63) is 34.4 Å². The molecule has 0 fully saturated rings. The minimum absolute atomic E-state index is 0.413. The Morgan fingerprint density at radius 1 is 1.33 bits per heavy atom. The van der Waals surface area contributed by atoms with Gasteiger partial charge in [-0.05, 0) is 19.1 Å². The summed E-state index contributed by atoms with van der Waals surface area (Å²) in [5.41, 5.74) is -4.36. The van der Waals surface area contributed by atoms with E-state index in [9.17, 15) is 26.7 Å². The highest BCUT2D eigenvalue weighted by Gasteiger charge is 2.39. The lowest BCUT2D eigenvalue weighted by Gasteiger charge is -2.16. The smallest absolute Gasteiger partial charge is 0.294 e. The lowest BCUT2D eigenvalue weighted by molar-refractivity contribution is -0.139. The van der Waals surface area contributed by atoms with Gasteiger partial charge in [0, 0.05) is 11.1 Å². The molecule has 0 spiro atoms. The lowest BCUT2D eigenvalue weighted by Crippen LogP contribution is -2.16. The number of nitriles is 1. The summed E-state index contributed by atoms with van der Waals surface area (Å²) in [6, 6.07) is 2.55. The van der Waals surface area contributed by atoms with Crippen molar-refractivity contribution in [1.82, 2.24) is 0 Å². The maximum atomic E-state index is 12.7. The third-order valence-electron chi connectivity index (χ3n) is 2.20. The quantitative estimate of drug-likeness (QED) is 0.602. The first kappa shape index (κ1) is 14.1. The van der Waals surface area contributed by atoms with E-state index >= 15 is 0 Å². The predicted octanol–water partition coefficient (Wildman–Crippen LogP) is 3.72. The number of Topliss-reactive ketones (excluding diaryl/α,β-unsaturated/α-hetero) is 1. The minimum atomic E-state index is -5.08. The summed E-state index contributed by atoms with van der Waals surface area (Å²) >= 11 is 0. The van der Waals surface area contributed by atoms with Gasteiger partial charge in [-0.15, -0.1) is 0 Å². The molecule has 0 aromatic heterocycles. The Balaban J connectivity index is 3.74. The number of carbonyl (C=O) groups excluding carboxylic acids is 1. The molecule has 0 saturated carbocycles. The van der Waals surface area contributed by atoms with Crippen LogP contribution < -0.4 is 0 Å². The topological polar surface area (TPSA) is 40.9 Å². The summed E-state index contributed by atoms with van der Waals surface area (Å²) in [6.45, 7) is 0.820. The summed E-state index contributed by atoms with van der Waals surface area (Å²) in [6.07, 6.45) is -8.51. The zero-order valence-electron chi connectivity index (χ0n) is 8.98. The van der Waals surface area contributed by atoms with Gasteiger partial charge in [0.05, 0.1) is 17.2 Å². The molecule has 0 aliphatic carbocycles. The number of carbonyl (C=O) groups is 1. The van der Waals surface area contributed by atoms with E-state index in [0.717, 1.165) is 6.92 Å². The highest BCUT2D eigenvalue weighted by Crippen LogP contribution is 2.39. The van der Waals surface area contributed by atoms with E-state index in [1.807, 2.05) is 0 Å². The van der Waals surface area contributed by atoms with Crippen LogP contribution in [0.3, 0.4) is 0 Å². The van der Waals surface area contributed by atoms with Crippen LogP contribution in [-0.4, -0.2) is 5.78 Å². The molecule has 0 N–H and O–H groups in total. The second kappa shape index (κ2) is 4.72. The van der Waals surface area contributed by atoms with Gasteiger partial charge < -0.3 is 0 Å². The number of rotatable bonds is 2. The monoisotopic (exact) mass is 263 g/mol. The average Bonchev–Trinajstić information content (AvgIpc) is 2.25. The predicted molar refractivity (Wildman–Crippen MR) is 51.1 cm³/mol. The molecular weight excluding hydrogens is 257 g/mol. The highest BCUT2D eigenvalue weighted by molar-refractivity contribution is 5.96. The second-order valence-electron chi connectivity index (χ2n) is 3.45.